The Balaban J connectivity index is 2.32. The van der Waals surface area contributed by atoms with Crippen molar-refractivity contribution in [1.29, 1.82) is 0 Å². The standard InChI is InChI=1S/C20H28N4O3/c1-5-23(6-2)13-7-12-21-15(4)17-18(25)22-20(27)24(19(17)26)16-10-8-14(3)9-11-16/h8-11,26H,5-7,12-13H2,1-4H3,(H,22,25,27). The van der Waals surface area contributed by atoms with E-state index in [0.29, 0.717) is 17.9 Å². The third-order valence-electron chi connectivity index (χ3n) is 4.62. The first-order valence-electron chi connectivity index (χ1n) is 9.28. The molecule has 0 bridgehead atoms. The lowest BCUT2D eigenvalue weighted by Crippen LogP contribution is -2.32. The number of aliphatic imine (C=N–C) groups is 1. The van der Waals surface area contributed by atoms with Crippen LogP contribution in [0.1, 0.15) is 38.3 Å². The number of benzene rings is 1. The van der Waals surface area contributed by atoms with Gasteiger partial charge in [0.05, 0.1) is 5.69 Å². The van der Waals surface area contributed by atoms with E-state index in [1.54, 1.807) is 19.1 Å². The fraction of sp³-hybridized carbons (Fsp3) is 0.450. The van der Waals surface area contributed by atoms with Crippen molar-refractivity contribution in [2.45, 2.75) is 34.1 Å². The molecule has 0 aliphatic heterocycles. The molecule has 0 unspecified atom stereocenters. The van der Waals surface area contributed by atoms with Crippen LogP contribution < -0.4 is 11.2 Å². The normalized spacial score (nSPS) is 12.0. The van der Waals surface area contributed by atoms with Crippen LogP contribution in [0.15, 0.2) is 38.8 Å². The van der Waals surface area contributed by atoms with Crippen molar-refractivity contribution in [3.05, 3.63) is 56.2 Å². The van der Waals surface area contributed by atoms with Gasteiger partial charge in [0.2, 0.25) is 5.88 Å². The summed E-state index contributed by atoms with van der Waals surface area (Å²) >= 11 is 0. The summed E-state index contributed by atoms with van der Waals surface area (Å²) in [5, 5.41) is 10.6. The van der Waals surface area contributed by atoms with Crippen LogP contribution in [0.3, 0.4) is 0 Å². The quantitative estimate of drug-likeness (QED) is 0.548. The molecule has 146 valence electrons. The molecule has 0 saturated heterocycles. The van der Waals surface area contributed by atoms with Crippen LogP contribution in [-0.4, -0.2) is 51.4 Å². The maximum atomic E-state index is 12.3. The molecule has 0 fully saturated rings. The van der Waals surface area contributed by atoms with Gasteiger partial charge in [0.25, 0.3) is 5.56 Å². The number of aromatic amines is 1. The van der Waals surface area contributed by atoms with E-state index in [0.717, 1.165) is 36.2 Å². The summed E-state index contributed by atoms with van der Waals surface area (Å²) in [6.07, 6.45) is 0.856. The van der Waals surface area contributed by atoms with Gasteiger partial charge in [-0.3, -0.25) is 14.8 Å². The zero-order valence-electron chi connectivity index (χ0n) is 16.5. The molecule has 0 spiro atoms. The first-order chi connectivity index (χ1) is 12.9. The minimum absolute atomic E-state index is 0.0259. The number of rotatable bonds is 8. The van der Waals surface area contributed by atoms with Gasteiger partial charge in [-0.2, -0.15) is 0 Å². The summed E-state index contributed by atoms with van der Waals surface area (Å²) in [6.45, 7) is 11.3. The topological polar surface area (TPSA) is 90.7 Å². The van der Waals surface area contributed by atoms with E-state index in [1.807, 2.05) is 19.1 Å². The van der Waals surface area contributed by atoms with Crippen LogP contribution in [0.4, 0.5) is 0 Å². The Bertz CT molecular complexity index is 906. The zero-order valence-corrected chi connectivity index (χ0v) is 16.5. The highest BCUT2D eigenvalue weighted by Gasteiger charge is 2.17. The molecule has 1 heterocycles. The van der Waals surface area contributed by atoms with Crippen molar-refractivity contribution in [2.24, 2.45) is 4.99 Å². The number of nitrogens with one attached hydrogen (secondary N) is 1. The molecule has 7 heteroatoms. The van der Waals surface area contributed by atoms with E-state index in [9.17, 15) is 14.7 Å². The molecular formula is C20H28N4O3. The average Bonchev–Trinajstić information content (AvgIpc) is 2.63. The molecule has 0 aliphatic rings. The van der Waals surface area contributed by atoms with E-state index in [1.165, 1.54) is 0 Å². The molecule has 1 aromatic heterocycles. The molecule has 1 aromatic carbocycles. The molecule has 0 aliphatic carbocycles. The fourth-order valence-electron chi connectivity index (χ4n) is 2.94. The minimum Gasteiger partial charge on any atom is -0.493 e. The molecule has 0 amide bonds. The Morgan fingerprint density at radius 2 is 1.81 bits per heavy atom. The summed E-state index contributed by atoms with van der Waals surface area (Å²) in [7, 11) is 0. The van der Waals surface area contributed by atoms with Crippen molar-refractivity contribution >= 4 is 5.71 Å². The summed E-state index contributed by atoms with van der Waals surface area (Å²) in [6, 6.07) is 7.10. The van der Waals surface area contributed by atoms with Gasteiger partial charge >= 0.3 is 5.69 Å². The van der Waals surface area contributed by atoms with Gasteiger partial charge in [0, 0.05) is 12.3 Å². The van der Waals surface area contributed by atoms with Crippen molar-refractivity contribution in [2.75, 3.05) is 26.2 Å². The lowest BCUT2D eigenvalue weighted by atomic mass is 10.2. The molecule has 27 heavy (non-hydrogen) atoms. The molecule has 2 rings (SSSR count). The lowest BCUT2D eigenvalue weighted by molar-refractivity contribution is 0.302. The van der Waals surface area contributed by atoms with Gasteiger partial charge in [0.15, 0.2) is 0 Å². The smallest absolute Gasteiger partial charge is 0.335 e. The molecule has 2 aromatic rings. The Morgan fingerprint density at radius 1 is 1.19 bits per heavy atom. The highest BCUT2D eigenvalue weighted by molar-refractivity contribution is 6.00. The van der Waals surface area contributed by atoms with Crippen molar-refractivity contribution in [3.8, 4) is 11.6 Å². The predicted molar refractivity (Wildman–Crippen MR) is 109 cm³/mol. The lowest BCUT2D eigenvalue weighted by Gasteiger charge is -2.17. The van der Waals surface area contributed by atoms with Crippen LogP contribution in [0.5, 0.6) is 5.88 Å². The third kappa shape index (κ3) is 4.95. The largest absolute Gasteiger partial charge is 0.493 e. The number of hydrogen-bond donors (Lipinski definition) is 2. The van der Waals surface area contributed by atoms with E-state index in [4.69, 9.17) is 0 Å². The van der Waals surface area contributed by atoms with Crippen LogP contribution in [0.25, 0.3) is 5.69 Å². The predicted octanol–water partition coefficient (Wildman–Crippen LogP) is 2.08. The van der Waals surface area contributed by atoms with Gasteiger partial charge in [-0.25, -0.2) is 9.36 Å². The van der Waals surface area contributed by atoms with Crippen LogP contribution in [0, 0.1) is 6.92 Å². The molecule has 0 saturated carbocycles. The number of H-pyrrole nitrogens is 1. The molecule has 0 radical (unpaired) electrons. The van der Waals surface area contributed by atoms with Crippen LogP contribution in [0.2, 0.25) is 0 Å². The summed E-state index contributed by atoms with van der Waals surface area (Å²) in [4.78, 5) is 33.5. The summed E-state index contributed by atoms with van der Waals surface area (Å²) < 4.78 is 1.09. The van der Waals surface area contributed by atoms with Gasteiger partial charge in [-0.15, -0.1) is 0 Å². The SMILES string of the molecule is CCN(CC)CCCN=C(C)c1c(O)n(-c2ccc(C)cc2)c(=O)[nH]c1=O. The number of aromatic hydroxyl groups is 1. The first-order valence-corrected chi connectivity index (χ1v) is 9.28. The molecule has 0 atom stereocenters. The monoisotopic (exact) mass is 372 g/mol. The number of aromatic nitrogens is 2. The van der Waals surface area contributed by atoms with Crippen LogP contribution in [-0.2, 0) is 0 Å². The Labute approximate surface area is 159 Å². The second-order valence-electron chi connectivity index (χ2n) is 6.48. The van der Waals surface area contributed by atoms with Gasteiger partial charge < -0.3 is 10.0 Å². The zero-order chi connectivity index (χ0) is 20.0. The van der Waals surface area contributed by atoms with Gasteiger partial charge in [0.1, 0.15) is 5.56 Å². The first kappa shape index (κ1) is 20.6. The highest BCUT2D eigenvalue weighted by Crippen LogP contribution is 2.17. The highest BCUT2D eigenvalue weighted by atomic mass is 16.3. The molecular weight excluding hydrogens is 344 g/mol. The second-order valence-corrected chi connectivity index (χ2v) is 6.48. The number of nitrogens with zero attached hydrogens (tertiary/aromatic N) is 3. The van der Waals surface area contributed by atoms with Crippen molar-refractivity contribution in [1.82, 2.24) is 14.5 Å². The third-order valence-corrected chi connectivity index (χ3v) is 4.62. The van der Waals surface area contributed by atoms with Crippen LogP contribution >= 0.6 is 0 Å². The second kappa shape index (κ2) is 9.32. The minimum atomic E-state index is -0.681. The Morgan fingerprint density at radius 3 is 2.41 bits per heavy atom. The maximum absolute atomic E-state index is 12.3. The number of hydrogen-bond acceptors (Lipinski definition) is 5. The maximum Gasteiger partial charge on any atom is 0.335 e. The van der Waals surface area contributed by atoms with E-state index in [2.05, 4.69) is 28.7 Å². The van der Waals surface area contributed by atoms with E-state index < -0.39 is 17.1 Å². The average molecular weight is 372 g/mol. The van der Waals surface area contributed by atoms with Crippen molar-refractivity contribution in [3.63, 3.8) is 0 Å². The fourth-order valence-corrected chi connectivity index (χ4v) is 2.94. The number of aryl methyl sites for hydroxylation is 1. The summed E-state index contributed by atoms with van der Waals surface area (Å²) in [5.41, 5.74) is 0.634. The van der Waals surface area contributed by atoms with E-state index in [-0.39, 0.29) is 5.56 Å². The van der Waals surface area contributed by atoms with Gasteiger partial charge in [-0.05, 0) is 52.0 Å². The molecule has 7 nitrogen and oxygen atoms in total. The molecule has 2 N–H and O–H groups in total. The van der Waals surface area contributed by atoms with Crippen molar-refractivity contribution < 1.29 is 5.11 Å². The van der Waals surface area contributed by atoms with E-state index >= 15 is 0 Å². The Kier molecular flexibility index (Phi) is 7.12. The Hall–Kier alpha value is -2.67. The summed E-state index contributed by atoms with van der Waals surface area (Å²) in [5.74, 6) is -0.391. The van der Waals surface area contributed by atoms with Gasteiger partial charge in [-0.1, -0.05) is 31.5 Å².